The Balaban J connectivity index is 2.33. The molecule has 1 aliphatic heterocycles. The highest BCUT2D eigenvalue weighted by atomic mass is 32.2. The Morgan fingerprint density at radius 3 is 2.38 bits per heavy atom. The van der Waals surface area contributed by atoms with E-state index in [0.29, 0.717) is 42.1 Å². The van der Waals surface area contributed by atoms with Crippen LogP contribution < -0.4 is 4.74 Å². The highest BCUT2D eigenvalue weighted by Crippen LogP contribution is 2.29. The first kappa shape index (κ1) is 15.8. The van der Waals surface area contributed by atoms with Gasteiger partial charge in [-0.3, -0.25) is 0 Å². The molecule has 0 bridgehead atoms. The van der Waals surface area contributed by atoms with Crippen LogP contribution >= 0.6 is 0 Å². The summed E-state index contributed by atoms with van der Waals surface area (Å²) in [6.07, 6.45) is 1.20. The molecule has 5 nitrogen and oxygen atoms in total. The van der Waals surface area contributed by atoms with Crippen molar-refractivity contribution in [3.05, 3.63) is 23.3 Å². The maximum absolute atomic E-state index is 12.8. The van der Waals surface area contributed by atoms with Crippen LogP contribution in [0.5, 0.6) is 5.75 Å². The third-order valence-electron chi connectivity index (χ3n) is 3.95. The third kappa shape index (κ3) is 3.04. The number of hydrogen-bond donors (Lipinski definition) is 0. The summed E-state index contributed by atoms with van der Waals surface area (Å²) in [4.78, 5) is 0.330. The van der Waals surface area contributed by atoms with E-state index in [4.69, 9.17) is 10.00 Å². The SMILES string of the molecule is COc1cc(C)c(S(=O)(=O)N2CCC(C#N)CC2)cc1C. The van der Waals surface area contributed by atoms with Crippen LogP contribution in [0.3, 0.4) is 0 Å². The highest BCUT2D eigenvalue weighted by molar-refractivity contribution is 7.89. The van der Waals surface area contributed by atoms with Crippen molar-refractivity contribution in [2.45, 2.75) is 31.6 Å². The van der Waals surface area contributed by atoms with Gasteiger partial charge < -0.3 is 4.74 Å². The van der Waals surface area contributed by atoms with E-state index in [1.54, 1.807) is 26.2 Å². The normalized spacial score (nSPS) is 17.4. The number of sulfonamides is 1. The van der Waals surface area contributed by atoms with E-state index in [-0.39, 0.29) is 5.92 Å². The molecule has 0 unspecified atom stereocenters. The van der Waals surface area contributed by atoms with Gasteiger partial charge in [-0.2, -0.15) is 9.57 Å². The van der Waals surface area contributed by atoms with Gasteiger partial charge in [0.25, 0.3) is 0 Å². The largest absolute Gasteiger partial charge is 0.496 e. The summed E-state index contributed by atoms with van der Waals surface area (Å²) in [5.74, 6) is 0.657. The number of hydrogen-bond acceptors (Lipinski definition) is 4. The van der Waals surface area contributed by atoms with E-state index in [1.807, 2.05) is 6.92 Å². The topological polar surface area (TPSA) is 70.4 Å². The van der Waals surface area contributed by atoms with Gasteiger partial charge in [0.15, 0.2) is 0 Å². The van der Waals surface area contributed by atoms with E-state index in [1.165, 1.54) is 4.31 Å². The first-order valence-electron chi connectivity index (χ1n) is 6.95. The average molecular weight is 308 g/mol. The molecule has 21 heavy (non-hydrogen) atoms. The Morgan fingerprint density at radius 2 is 1.86 bits per heavy atom. The number of nitriles is 1. The summed E-state index contributed by atoms with van der Waals surface area (Å²) >= 11 is 0. The Hall–Kier alpha value is -1.58. The van der Waals surface area contributed by atoms with Crippen LogP contribution in [-0.2, 0) is 10.0 Å². The van der Waals surface area contributed by atoms with Gasteiger partial charge in [-0.1, -0.05) is 0 Å². The van der Waals surface area contributed by atoms with Crippen molar-refractivity contribution in [2.75, 3.05) is 20.2 Å². The van der Waals surface area contributed by atoms with E-state index in [0.717, 1.165) is 5.56 Å². The van der Waals surface area contributed by atoms with Crippen molar-refractivity contribution in [3.8, 4) is 11.8 Å². The molecule has 1 fully saturated rings. The molecule has 1 aromatic carbocycles. The first-order valence-corrected chi connectivity index (χ1v) is 8.39. The Labute approximate surface area is 126 Å². The molecule has 1 heterocycles. The molecular formula is C15H20N2O3S. The second-order valence-corrected chi connectivity index (χ2v) is 7.30. The quantitative estimate of drug-likeness (QED) is 0.858. The molecule has 0 saturated carbocycles. The monoisotopic (exact) mass is 308 g/mol. The van der Waals surface area contributed by atoms with Crippen molar-refractivity contribution in [1.29, 1.82) is 5.26 Å². The minimum Gasteiger partial charge on any atom is -0.496 e. The van der Waals surface area contributed by atoms with E-state index in [2.05, 4.69) is 6.07 Å². The summed E-state index contributed by atoms with van der Waals surface area (Å²) in [5, 5.41) is 8.90. The highest BCUT2D eigenvalue weighted by Gasteiger charge is 2.30. The lowest BCUT2D eigenvalue weighted by molar-refractivity contribution is 0.309. The van der Waals surface area contributed by atoms with E-state index in [9.17, 15) is 8.42 Å². The summed E-state index contributed by atoms with van der Waals surface area (Å²) in [6, 6.07) is 5.63. The van der Waals surface area contributed by atoms with Crippen LogP contribution in [0, 0.1) is 31.1 Å². The number of methoxy groups -OCH3 is 1. The molecule has 0 atom stereocenters. The number of rotatable bonds is 3. The van der Waals surface area contributed by atoms with Gasteiger partial charge in [0.2, 0.25) is 10.0 Å². The number of nitrogens with zero attached hydrogens (tertiary/aromatic N) is 2. The van der Waals surface area contributed by atoms with Crippen LogP contribution in [0.2, 0.25) is 0 Å². The molecule has 0 N–H and O–H groups in total. The Kier molecular flexibility index (Phi) is 4.55. The van der Waals surface area contributed by atoms with E-state index >= 15 is 0 Å². The molecule has 0 aliphatic carbocycles. The fourth-order valence-corrected chi connectivity index (χ4v) is 4.39. The van der Waals surface area contributed by atoms with Gasteiger partial charge in [0.1, 0.15) is 5.75 Å². The predicted molar refractivity (Wildman–Crippen MR) is 79.6 cm³/mol. The van der Waals surface area contributed by atoms with Crippen LogP contribution in [0.1, 0.15) is 24.0 Å². The summed E-state index contributed by atoms with van der Waals surface area (Å²) in [6.45, 7) is 4.42. The van der Waals surface area contributed by atoms with Crippen molar-refractivity contribution in [2.24, 2.45) is 5.92 Å². The zero-order valence-electron chi connectivity index (χ0n) is 12.6. The molecule has 1 saturated heterocycles. The Bertz CT molecular complexity index is 669. The van der Waals surface area contributed by atoms with Gasteiger partial charge >= 0.3 is 0 Å². The maximum atomic E-state index is 12.8. The van der Waals surface area contributed by atoms with Gasteiger partial charge in [0, 0.05) is 19.0 Å². The molecule has 0 radical (unpaired) electrons. The predicted octanol–water partition coefficient (Wildman–Crippen LogP) is 2.24. The van der Waals surface area contributed by atoms with Gasteiger partial charge in [0.05, 0.1) is 18.1 Å². The van der Waals surface area contributed by atoms with Gasteiger partial charge in [-0.05, 0) is 49.9 Å². The molecule has 0 amide bonds. The number of aryl methyl sites for hydroxylation is 2. The lowest BCUT2D eigenvalue weighted by atomic mass is 10.0. The van der Waals surface area contributed by atoms with Crippen molar-refractivity contribution in [3.63, 3.8) is 0 Å². The van der Waals surface area contributed by atoms with Crippen LogP contribution in [-0.4, -0.2) is 32.9 Å². The van der Waals surface area contributed by atoms with Crippen molar-refractivity contribution < 1.29 is 13.2 Å². The molecule has 1 aromatic rings. The second kappa shape index (κ2) is 6.04. The first-order chi connectivity index (χ1) is 9.90. The number of ether oxygens (including phenoxy) is 1. The fourth-order valence-electron chi connectivity index (χ4n) is 2.63. The maximum Gasteiger partial charge on any atom is 0.243 e. The van der Waals surface area contributed by atoms with Crippen molar-refractivity contribution in [1.82, 2.24) is 4.31 Å². The number of piperidine rings is 1. The summed E-state index contributed by atoms with van der Waals surface area (Å²) in [5.41, 5.74) is 1.48. The minimum absolute atomic E-state index is 0.0323. The van der Waals surface area contributed by atoms with Crippen LogP contribution in [0.25, 0.3) is 0 Å². The van der Waals surface area contributed by atoms with E-state index < -0.39 is 10.0 Å². The zero-order valence-corrected chi connectivity index (χ0v) is 13.4. The number of benzene rings is 1. The smallest absolute Gasteiger partial charge is 0.243 e. The van der Waals surface area contributed by atoms with Crippen molar-refractivity contribution >= 4 is 10.0 Å². The molecule has 114 valence electrons. The van der Waals surface area contributed by atoms with Crippen LogP contribution in [0.15, 0.2) is 17.0 Å². The Morgan fingerprint density at radius 1 is 1.24 bits per heavy atom. The fraction of sp³-hybridized carbons (Fsp3) is 0.533. The molecule has 2 rings (SSSR count). The van der Waals surface area contributed by atoms with Gasteiger partial charge in [-0.15, -0.1) is 0 Å². The summed E-state index contributed by atoms with van der Waals surface area (Å²) < 4.78 is 32.2. The average Bonchev–Trinajstić information content (AvgIpc) is 2.49. The molecule has 6 heteroatoms. The van der Waals surface area contributed by atoms with Gasteiger partial charge in [-0.25, -0.2) is 8.42 Å². The second-order valence-electron chi connectivity index (χ2n) is 5.39. The van der Waals surface area contributed by atoms with Crippen LogP contribution in [0.4, 0.5) is 0 Å². The lowest BCUT2D eigenvalue weighted by Crippen LogP contribution is -2.38. The molecular weight excluding hydrogens is 288 g/mol. The third-order valence-corrected chi connectivity index (χ3v) is 5.99. The standard InChI is InChI=1S/C15H20N2O3S/c1-11-9-15(12(2)8-14(11)20-3)21(18,19)17-6-4-13(10-16)5-7-17/h8-9,13H,4-7H2,1-3H3. The minimum atomic E-state index is -3.50. The molecule has 1 aliphatic rings. The summed E-state index contributed by atoms with van der Waals surface area (Å²) in [7, 11) is -1.93. The molecule has 0 aromatic heterocycles. The molecule has 0 spiro atoms. The lowest BCUT2D eigenvalue weighted by Gasteiger charge is -2.29. The zero-order chi connectivity index (χ0) is 15.6.